The second-order valence-corrected chi connectivity index (χ2v) is 4.14. The van der Waals surface area contributed by atoms with Gasteiger partial charge in [-0.3, -0.25) is 4.79 Å². The molecule has 0 aliphatic rings. The molecule has 0 aliphatic heterocycles. The SMILES string of the molecule is Cc1ccccc1C(CC(=O)O)c1nnn(C)n1. The summed E-state index contributed by atoms with van der Waals surface area (Å²) in [6.45, 7) is 1.94. The maximum absolute atomic E-state index is 11.0. The lowest BCUT2D eigenvalue weighted by Crippen LogP contribution is -2.11. The van der Waals surface area contributed by atoms with Crippen molar-refractivity contribution in [2.24, 2.45) is 7.05 Å². The van der Waals surface area contributed by atoms with Gasteiger partial charge in [-0.25, -0.2) is 0 Å². The van der Waals surface area contributed by atoms with Crippen LogP contribution < -0.4 is 0 Å². The van der Waals surface area contributed by atoms with Gasteiger partial charge in [-0.15, -0.1) is 10.2 Å². The van der Waals surface area contributed by atoms with E-state index in [-0.39, 0.29) is 12.3 Å². The second kappa shape index (κ2) is 4.95. The number of hydrogen-bond donors (Lipinski definition) is 1. The summed E-state index contributed by atoms with van der Waals surface area (Å²) in [4.78, 5) is 12.3. The third kappa shape index (κ3) is 2.53. The highest BCUT2D eigenvalue weighted by atomic mass is 16.4. The fourth-order valence-electron chi connectivity index (χ4n) is 1.93. The monoisotopic (exact) mass is 246 g/mol. The minimum atomic E-state index is -0.879. The van der Waals surface area contributed by atoms with Crippen LogP contribution in [0.25, 0.3) is 0 Å². The number of aromatic nitrogens is 4. The van der Waals surface area contributed by atoms with Crippen molar-refractivity contribution in [3.63, 3.8) is 0 Å². The van der Waals surface area contributed by atoms with Crippen molar-refractivity contribution in [3.8, 4) is 0 Å². The van der Waals surface area contributed by atoms with E-state index in [1.165, 1.54) is 4.80 Å². The Morgan fingerprint density at radius 2 is 2.17 bits per heavy atom. The van der Waals surface area contributed by atoms with Gasteiger partial charge in [0.1, 0.15) is 0 Å². The zero-order valence-electron chi connectivity index (χ0n) is 10.2. The predicted octanol–water partition coefficient (Wildman–Crippen LogP) is 1.13. The van der Waals surface area contributed by atoms with Crippen molar-refractivity contribution in [1.82, 2.24) is 20.2 Å². The maximum Gasteiger partial charge on any atom is 0.304 e. The van der Waals surface area contributed by atoms with Crippen LogP contribution in [0.4, 0.5) is 0 Å². The normalized spacial score (nSPS) is 12.3. The topological polar surface area (TPSA) is 80.9 Å². The van der Waals surface area contributed by atoms with Crippen molar-refractivity contribution in [2.75, 3.05) is 0 Å². The number of carboxylic acids is 1. The van der Waals surface area contributed by atoms with Gasteiger partial charge < -0.3 is 5.11 Å². The van der Waals surface area contributed by atoms with Crippen LogP contribution in [0.5, 0.6) is 0 Å². The molecule has 0 saturated heterocycles. The molecule has 0 aliphatic carbocycles. The summed E-state index contributed by atoms with van der Waals surface area (Å²) < 4.78 is 0. The second-order valence-electron chi connectivity index (χ2n) is 4.14. The number of tetrazole rings is 1. The number of aliphatic carboxylic acids is 1. The molecular formula is C12H14N4O2. The van der Waals surface area contributed by atoms with Crippen LogP contribution in [-0.2, 0) is 11.8 Å². The average molecular weight is 246 g/mol. The van der Waals surface area contributed by atoms with E-state index in [0.717, 1.165) is 11.1 Å². The maximum atomic E-state index is 11.0. The lowest BCUT2D eigenvalue weighted by atomic mass is 9.91. The Hall–Kier alpha value is -2.24. The molecule has 1 aromatic carbocycles. The molecule has 1 N–H and O–H groups in total. The van der Waals surface area contributed by atoms with E-state index in [0.29, 0.717) is 5.82 Å². The number of carbonyl (C=O) groups is 1. The van der Waals surface area contributed by atoms with Gasteiger partial charge in [0, 0.05) is 0 Å². The summed E-state index contributed by atoms with van der Waals surface area (Å²) in [6, 6.07) is 7.65. The lowest BCUT2D eigenvalue weighted by molar-refractivity contribution is -0.137. The molecule has 0 saturated carbocycles. The Bertz CT molecular complexity index is 565. The van der Waals surface area contributed by atoms with Crippen molar-refractivity contribution in [2.45, 2.75) is 19.3 Å². The minimum Gasteiger partial charge on any atom is -0.481 e. The Morgan fingerprint density at radius 1 is 1.44 bits per heavy atom. The standard InChI is InChI=1S/C12H14N4O2/c1-8-5-3-4-6-9(8)10(7-11(17)18)12-13-15-16(2)14-12/h3-6,10H,7H2,1-2H3,(H,17,18). The molecule has 6 nitrogen and oxygen atoms in total. The lowest BCUT2D eigenvalue weighted by Gasteiger charge is -2.13. The first-order valence-corrected chi connectivity index (χ1v) is 5.59. The minimum absolute atomic E-state index is 0.0451. The predicted molar refractivity (Wildman–Crippen MR) is 64.1 cm³/mol. The Balaban J connectivity index is 2.43. The van der Waals surface area contributed by atoms with Crippen LogP contribution >= 0.6 is 0 Å². The summed E-state index contributed by atoms with van der Waals surface area (Å²) >= 11 is 0. The Morgan fingerprint density at radius 3 is 2.72 bits per heavy atom. The molecule has 2 rings (SSSR count). The number of carboxylic acid groups (broad SMARTS) is 1. The molecule has 6 heteroatoms. The highest BCUT2D eigenvalue weighted by molar-refractivity contribution is 5.68. The summed E-state index contributed by atoms with van der Waals surface area (Å²) in [5, 5.41) is 20.8. The molecule has 1 atom stereocenters. The van der Waals surface area contributed by atoms with Gasteiger partial charge in [0.2, 0.25) is 0 Å². The van der Waals surface area contributed by atoms with Crippen LogP contribution in [0, 0.1) is 6.92 Å². The zero-order chi connectivity index (χ0) is 13.1. The first-order chi connectivity index (χ1) is 8.58. The molecular weight excluding hydrogens is 232 g/mol. The zero-order valence-corrected chi connectivity index (χ0v) is 10.2. The first kappa shape index (κ1) is 12.2. The van der Waals surface area contributed by atoms with Gasteiger partial charge in [-0.1, -0.05) is 24.3 Å². The van der Waals surface area contributed by atoms with E-state index in [9.17, 15) is 4.79 Å². The molecule has 0 amide bonds. The van der Waals surface area contributed by atoms with Gasteiger partial charge in [0.15, 0.2) is 5.82 Å². The van der Waals surface area contributed by atoms with Crippen molar-refractivity contribution in [3.05, 3.63) is 41.2 Å². The van der Waals surface area contributed by atoms with Gasteiger partial charge in [0.05, 0.1) is 19.4 Å². The Kier molecular flexibility index (Phi) is 3.36. The summed E-state index contributed by atoms with van der Waals surface area (Å²) in [5.74, 6) is -0.803. The van der Waals surface area contributed by atoms with Crippen molar-refractivity contribution >= 4 is 5.97 Å². The van der Waals surface area contributed by atoms with Crippen molar-refractivity contribution < 1.29 is 9.90 Å². The Labute approximate surface area is 104 Å². The number of nitrogens with zero attached hydrogens (tertiary/aromatic N) is 4. The van der Waals surface area contributed by atoms with Crippen LogP contribution in [0.1, 0.15) is 29.3 Å². The smallest absolute Gasteiger partial charge is 0.304 e. The van der Waals surface area contributed by atoms with E-state index in [1.54, 1.807) is 7.05 Å². The van der Waals surface area contributed by atoms with E-state index < -0.39 is 5.97 Å². The van der Waals surface area contributed by atoms with Gasteiger partial charge in [-0.2, -0.15) is 4.80 Å². The largest absolute Gasteiger partial charge is 0.481 e. The third-order valence-electron chi connectivity index (χ3n) is 2.78. The first-order valence-electron chi connectivity index (χ1n) is 5.59. The molecule has 0 fully saturated rings. The van der Waals surface area contributed by atoms with E-state index in [1.807, 2.05) is 31.2 Å². The van der Waals surface area contributed by atoms with E-state index in [2.05, 4.69) is 15.4 Å². The fourth-order valence-corrected chi connectivity index (χ4v) is 1.93. The number of hydrogen-bond acceptors (Lipinski definition) is 4. The molecule has 2 aromatic rings. The molecule has 0 radical (unpaired) electrons. The number of benzene rings is 1. The van der Waals surface area contributed by atoms with Crippen LogP contribution in [0.3, 0.4) is 0 Å². The van der Waals surface area contributed by atoms with Crippen LogP contribution in [0.15, 0.2) is 24.3 Å². The summed E-state index contributed by atoms with van der Waals surface area (Å²) in [7, 11) is 1.66. The average Bonchev–Trinajstić information content (AvgIpc) is 2.73. The highest BCUT2D eigenvalue weighted by Crippen LogP contribution is 2.27. The quantitative estimate of drug-likeness (QED) is 0.874. The molecule has 1 aromatic heterocycles. The summed E-state index contributed by atoms with van der Waals surface area (Å²) in [6.07, 6.45) is -0.0451. The third-order valence-corrected chi connectivity index (χ3v) is 2.78. The van der Waals surface area contributed by atoms with Crippen LogP contribution in [-0.4, -0.2) is 31.3 Å². The van der Waals surface area contributed by atoms with Gasteiger partial charge in [-0.05, 0) is 23.3 Å². The van der Waals surface area contributed by atoms with E-state index in [4.69, 9.17) is 5.11 Å². The molecule has 94 valence electrons. The number of rotatable bonds is 4. The van der Waals surface area contributed by atoms with Crippen LogP contribution in [0.2, 0.25) is 0 Å². The molecule has 0 spiro atoms. The van der Waals surface area contributed by atoms with Crippen molar-refractivity contribution in [1.29, 1.82) is 0 Å². The van der Waals surface area contributed by atoms with E-state index >= 15 is 0 Å². The molecule has 1 heterocycles. The van der Waals surface area contributed by atoms with Gasteiger partial charge in [0.25, 0.3) is 0 Å². The molecule has 0 bridgehead atoms. The number of aryl methyl sites for hydroxylation is 2. The summed E-state index contributed by atoms with van der Waals surface area (Å²) in [5.41, 5.74) is 1.95. The fraction of sp³-hybridized carbons (Fsp3) is 0.333. The van der Waals surface area contributed by atoms with Gasteiger partial charge >= 0.3 is 5.97 Å². The molecule has 18 heavy (non-hydrogen) atoms. The highest BCUT2D eigenvalue weighted by Gasteiger charge is 2.23. The molecule has 1 unspecified atom stereocenters.